The fraction of sp³-hybridized carbons (Fsp3) is 0.333. The van der Waals surface area contributed by atoms with E-state index in [1.54, 1.807) is 36.5 Å². The van der Waals surface area contributed by atoms with Crippen molar-refractivity contribution >= 4 is 38.2 Å². The summed E-state index contributed by atoms with van der Waals surface area (Å²) in [6, 6.07) is 24.3. The van der Waals surface area contributed by atoms with Gasteiger partial charge in [-0.15, -0.1) is 0 Å². The van der Waals surface area contributed by atoms with Gasteiger partial charge in [0.25, 0.3) is 15.9 Å². The molecule has 10 nitrogen and oxygen atoms in total. The van der Waals surface area contributed by atoms with Crippen molar-refractivity contribution in [2.75, 3.05) is 75.2 Å². The highest BCUT2D eigenvalue weighted by Crippen LogP contribution is 2.29. The molecule has 0 atom stereocenters. The Morgan fingerprint density at radius 2 is 1.61 bits per heavy atom. The summed E-state index contributed by atoms with van der Waals surface area (Å²) in [5.41, 5.74) is 3.23. The number of amides is 1. The quantitative estimate of drug-likeness (QED) is 0.280. The Labute approximate surface area is 258 Å². The molecule has 0 bridgehead atoms. The van der Waals surface area contributed by atoms with Crippen molar-refractivity contribution in [1.82, 2.24) is 20.1 Å². The summed E-state index contributed by atoms with van der Waals surface area (Å²) in [6.07, 6.45) is 1.58. The van der Waals surface area contributed by atoms with E-state index >= 15 is 0 Å². The van der Waals surface area contributed by atoms with Gasteiger partial charge in [0.1, 0.15) is 4.90 Å². The van der Waals surface area contributed by atoms with Gasteiger partial charge in [0.15, 0.2) is 0 Å². The van der Waals surface area contributed by atoms with Gasteiger partial charge in [0.05, 0.1) is 24.3 Å². The molecule has 1 amide bonds. The second-order valence-electron chi connectivity index (χ2n) is 11.1. The molecule has 4 aromatic rings. The highest BCUT2D eigenvalue weighted by Gasteiger charge is 2.24. The first-order chi connectivity index (χ1) is 21.5. The van der Waals surface area contributed by atoms with Crippen LogP contribution in [0.2, 0.25) is 0 Å². The van der Waals surface area contributed by atoms with Crippen LogP contribution in [0.3, 0.4) is 0 Å². The number of piperazine rings is 1. The number of carbonyl (C=O) groups is 1. The number of rotatable bonds is 10. The Kier molecular flexibility index (Phi) is 9.37. The van der Waals surface area contributed by atoms with E-state index in [2.05, 4.69) is 54.0 Å². The van der Waals surface area contributed by atoms with Gasteiger partial charge in [-0.3, -0.25) is 24.3 Å². The van der Waals surface area contributed by atoms with Gasteiger partial charge in [-0.2, -0.15) is 0 Å². The lowest BCUT2D eigenvalue weighted by atomic mass is 10.1. The Morgan fingerprint density at radius 1 is 0.841 bits per heavy atom. The Morgan fingerprint density at radius 3 is 2.41 bits per heavy atom. The SMILES string of the molecule is O=C(NCCN1CCOCC1)c1cc(NS(=O)(=O)c2cccc3cccnc23)ccc1N1CCN(Cc2ccccc2)CC1. The summed E-state index contributed by atoms with van der Waals surface area (Å²) in [4.78, 5) is 24.9. The minimum absolute atomic E-state index is 0.0886. The van der Waals surface area contributed by atoms with Crippen molar-refractivity contribution in [3.63, 3.8) is 0 Å². The van der Waals surface area contributed by atoms with Crippen LogP contribution in [0.5, 0.6) is 0 Å². The van der Waals surface area contributed by atoms with Gasteiger partial charge >= 0.3 is 0 Å². The molecule has 0 spiro atoms. The summed E-state index contributed by atoms with van der Waals surface area (Å²) < 4.78 is 35.2. The van der Waals surface area contributed by atoms with E-state index in [1.165, 1.54) is 5.56 Å². The van der Waals surface area contributed by atoms with E-state index in [9.17, 15) is 13.2 Å². The van der Waals surface area contributed by atoms with Crippen LogP contribution in [-0.4, -0.2) is 94.7 Å². The zero-order valence-electron chi connectivity index (χ0n) is 24.7. The standard InChI is InChI=1S/C33H38N6O4S/c40-33(35-14-15-37-20-22-43-23-21-37)29-24-28(36-44(41,42)31-10-4-8-27-9-5-13-34-32(27)31)11-12-30(29)39-18-16-38(17-19-39)25-26-6-2-1-3-7-26/h1-13,24,36H,14-23,25H2,(H,35,40). The monoisotopic (exact) mass is 614 g/mol. The number of aromatic nitrogens is 1. The maximum absolute atomic E-state index is 13.6. The number of hydrogen-bond donors (Lipinski definition) is 2. The van der Waals surface area contributed by atoms with Crippen LogP contribution in [0.15, 0.2) is 90.0 Å². The predicted octanol–water partition coefficient (Wildman–Crippen LogP) is 3.42. The summed E-state index contributed by atoms with van der Waals surface area (Å²) in [5, 5.41) is 3.80. The molecule has 3 heterocycles. The van der Waals surface area contributed by atoms with E-state index in [0.29, 0.717) is 36.5 Å². The normalized spacial score (nSPS) is 16.6. The molecular formula is C33H38N6O4S. The predicted molar refractivity (Wildman–Crippen MR) is 173 cm³/mol. The van der Waals surface area contributed by atoms with Gasteiger partial charge in [-0.25, -0.2) is 8.42 Å². The first kappa shape index (κ1) is 30.0. The minimum atomic E-state index is -3.97. The second kappa shape index (κ2) is 13.7. The molecule has 1 aromatic heterocycles. The third-order valence-corrected chi connectivity index (χ3v) is 9.57. The average Bonchev–Trinajstić information content (AvgIpc) is 3.05. The Bertz CT molecular complexity index is 1680. The molecule has 44 heavy (non-hydrogen) atoms. The summed E-state index contributed by atoms with van der Waals surface area (Å²) in [6.45, 7) is 8.40. The zero-order valence-corrected chi connectivity index (χ0v) is 25.5. The van der Waals surface area contributed by atoms with Crippen LogP contribution < -0.4 is 14.9 Å². The van der Waals surface area contributed by atoms with E-state index in [4.69, 9.17) is 4.74 Å². The molecule has 2 aliphatic heterocycles. The van der Waals surface area contributed by atoms with Gasteiger partial charge < -0.3 is 15.0 Å². The van der Waals surface area contributed by atoms with Crippen LogP contribution in [0, 0.1) is 0 Å². The maximum Gasteiger partial charge on any atom is 0.264 e. The van der Waals surface area contributed by atoms with Gasteiger partial charge in [0, 0.05) is 81.9 Å². The van der Waals surface area contributed by atoms with Crippen LogP contribution in [0.1, 0.15) is 15.9 Å². The number of para-hydroxylation sites is 1. The number of anilines is 2. The van der Waals surface area contributed by atoms with E-state index in [0.717, 1.165) is 63.4 Å². The molecule has 2 aliphatic rings. The smallest absolute Gasteiger partial charge is 0.264 e. The molecule has 0 aliphatic carbocycles. The molecule has 3 aromatic carbocycles. The van der Waals surface area contributed by atoms with E-state index < -0.39 is 10.0 Å². The van der Waals surface area contributed by atoms with E-state index in [-0.39, 0.29) is 10.8 Å². The largest absolute Gasteiger partial charge is 0.379 e. The van der Waals surface area contributed by atoms with Crippen molar-refractivity contribution in [3.8, 4) is 0 Å². The molecule has 2 N–H and O–H groups in total. The van der Waals surface area contributed by atoms with Crippen LogP contribution in [0.25, 0.3) is 10.9 Å². The molecular weight excluding hydrogens is 576 g/mol. The molecule has 230 valence electrons. The highest BCUT2D eigenvalue weighted by molar-refractivity contribution is 7.93. The third-order valence-electron chi connectivity index (χ3n) is 8.16. The number of fused-ring (bicyclic) bond motifs is 1. The lowest BCUT2D eigenvalue weighted by Crippen LogP contribution is -2.46. The highest BCUT2D eigenvalue weighted by atomic mass is 32.2. The summed E-state index contributed by atoms with van der Waals surface area (Å²) in [5.74, 6) is -0.229. The average molecular weight is 615 g/mol. The number of sulfonamides is 1. The van der Waals surface area contributed by atoms with Crippen molar-refractivity contribution in [1.29, 1.82) is 0 Å². The molecule has 0 radical (unpaired) electrons. The van der Waals surface area contributed by atoms with Crippen molar-refractivity contribution in [2.24, 2.45) is 0 Å². The first-order valence-electron chi connectivity index (χ1n) is 15.1. The minimum Gasteiger partial charge on any atom is -0.379 e. The zero-order chi connectivity index (χ0) is 30.4. The second-order valence-corrected chi connectivity index (χ2v) is 12.8. The number of nitrogens with one attached hydrogen (secondary N) is 2. The molecule has 0 saturated carbocycles. The topological polar surface area (TPSA) is 107 Å². The molecule has 2 saturated heterocycles. The molecule has 2 fully saturated rings. The fourth-order valence-corrected chi connectivity index (χ4v) is 7.03. The van der Waals surface area contributed by atoms with Crippen LogP contribution >= 0.6 is 0 Å². The Balaban J connectivity index is 1.21. The number of nitrogens with zero attached hydrogens (tertiary/aromatic N) is 4. The van der Waals surface area contributed by atoms with Crippen molar-refractivity contribution in [3.05, 3.63) is 96.2 Å². The first-order valence-corrected chi connectivity index (χ1v) is 16.5. The number of carbonyl (C=O) groups excluding carboxylic acids is 1. The van der Waals surface area contributed by atoms with Crippen LogP contribution in [0.4, 0.5) is 11.4 Å². The number of ether oxygens (including phenoxy) is 1. The molecule has 6 rings (SSSR count). The van der Waals surface area contributed by atoms with Crippen LogP contribution in [-0.2, 0) is 21.3 Å². The van der Waals surface area contributed by atoms with Gasteiger partial charge in [-0.05, 0) is 35.9 Å². The summed E-state index contributed by atoms with van der Waals surface area (Å²) >= 11 is 0. The molecule has 11 heteroatoms. The number of hydrogen-bond acceptors (Lipinski definition) is 8. The van der Waals surface area contributed by atoms with Gasteiger partial charge in [-0.1, -0.05) is 48.5 Å². The fourth-order valence-electron chi connectivity index (χ4n) is 5.80. The molecule has 0 unspecified atom stereocenters. The number of morpholine rings is 1. The summed E-state index contributed by atoms with van der Waals surface area (Å²) in [7, 11) is -3.97. The van der Waals surface area contributed by atoms with E-state index in [1.807, 2.05) is 24.3 Å². The third kappa shape index (κ3) is 7.19. The lowest BCUT2D eigenvalue weighted by molar-refractivity contribution is 0.0383. The Hall–Kier alpha value is -4.03. The number of pyridine rings is 1. The number of benzene rings is 3. The maximum atomic E-state index is 13.6. The van der Waals surface area contributed by atoms with Crippen molar-refractivity contribution in [2.45, 2.75) is 11.4 Å². The van der Waals surface area contributed by atoms with Crippen molar-refractivity contribution < 1.29 is 17.9 Å². The lowest BCUT2D eigenvalue weighted by Gasteiger charge is -2.37. The van der Waals surface area contributed by atoms with Gasteiger partial charge in [0.2, 0.25) is 0 Å².